The van der Waals surface area contributed by atoms with Gasteiger partial charge in [-0.1, -0.05) is 18.2 Å². The van der Waals surface area contributed by atoms with E-state index in [-0.39, 0.29) is 13.2 Å². The highest BCUT2D eigenvalue weighted by Crippen LogP contribution is 2.14. The third-order valence-corrected chi connectivity index (χ3v) is 3.39. The summed E-state index contributed by atoms with van der Waals surface area (Å²) in [4.78, 5) is 24.3. The second kappa shape index (κ2) is 7.64. The van der Waals surface area contributed by atoms with Gasteiger partial charge < -0.3 is 10.1 Å². The first kappa shape index (κ1) is 18.9. The van der Waals surface area contributed by atoms with Crippen molar-refractivity contribution < 1.29 is 22.7 Å². The van der Waals surface area contributed by atoms with Crippen molar-refractivity contribution in [2.45, 2.75) is 32.6 Å². The molecule has 0 aliphatic carbocycles. The summed E-state index contributed by atoms with van der Waals surface area (Å²) in [5, 5.41) is 7.74. The standard InChI is InChI=1S/C16H18F3N3O3/c1-10(8-25-9-16(17,18)19)20-14(23)7-22-15(24)13-6-4-3-5-12(13)11(2)21-22/h3-6,10H,7-9H2,1-2H3,(H,20,23). The smallest absolute Gasteiger partial charge is 0.370 e. The molecule has 0 fully saturated rings. The number of nitrogens with zero attached hydrogens (tertiary/aromatic N) is 2. The molecular formula is C16H18F3N3O3. The van der Waals surface area contributed by atoms with Gasteiger partial charge in [0.1, 0.15) is 13.2 Å². The Hall–Kier alpha value is -2.42. The number of aryl methyl sites for hydroxylation is 1. The fourth-order valence-corrected chi connectivity index (χ4v) is 2.36. The summed E-state index contributed by atoms with van der Waals surface area (Å²) in [6.45, 7) is 1.25. The van der Waals surface area contributed by atoms with Gasteiger partial charge in [0.2, 0.25) is 5.91 Å². The lowest BCUT2D eigenvalue weighted by Crippen LogP contribution is -2.40. The van der Waals surface area contributed by atoms with Crippen LogP contribution in [0.4, 0.5) is 13.2 Å². The fraction of sp³-hybridized carbons (Fsp3) is 0.438. The number of halogens is 3. The Morgan fingerprint density at radius 2 is 1.96 bits per heavy atom. The number of amides is 1. The number of benzene rings is 1. The SMILES string of the molecule is Cc1nn(CC(=O)NC(C)COCC(F)(F)F)c(=O)c2ccccc12. The molecule has 6 nitrogen and oxygen atoms in total. The zero-order chi connectivity index (χ0) is 18.6. The normalized spacial score (nSPS) is 13.0. The maximum absolute atomic E-state index is 12.4. The molecule has 1 atom stereocenters. The Bertz CT molecular complexity index is 818. The van der Waals surface area contributed by atoms with Crippen LogP contribution >= 0.6 is 0 Å². The van der Waals surface area contributed by atoms with Crippen molar-refractivity contribution >= 4 is 16.7 Å². The molecule has 9 heteroatoms. The molecule has 1 N–H and O–H groups in total. The Morgan fingerprint density at radius 1 is 1.32 bits per heavy atom. The highest BCUT2D eigenvalue weighted by molar-refractivity contribution is 5.83. The van der Waals surface area contributed by atoms with Gasteiger partial charge in [-0.05, 0) is 19.9 Å². The molecule has 0 bridgehead atoms. The number of ether oxygens (including phenoxy) is 1. The van der Waals surface area contributed by atoms with E-state index in [1.54, 1.807) is 31.2 Å². The summed E-state index contributed by atoms with van der Waals surface area (Å²) in [7, 11) is 0. The topological polar surface area (TPSA) is 73.2 Å². The molecule has 25 heavy (non-hydrogen) atoms. The molecule has 1 unspecified atom stereocenters. The van der Waals surface area contributed by atoms with Gasteiger partial charge >= 0.3 is 6.18 Å². The Morgan fingerprint density at radius 3 is 2.60 bits per heavy atom. The summed E-state index contributed by atoms with van der Waals surface area (Å²) in [6, 6.07) is 6.29. The average molecular weight is 357 g/mol. The minimum atomic E-state index is -4.41. The van der Waals surface area contributed by atoms with Crippen molar-refractivity contribution in [3.8, 4) is 0 Å². The molecule has 0 saturated carbocycles. The number of hydrogen-bond acceptors (Lipinski definition) is 4. The highest BCUT2D eigenvalue weighted by Gasteiger charge is 2.27. The van der Waals surface area contributed by atoms with E-state index in [2.05, 4.69) is 15.2 Å². The number of alkyl halides is 3. The summed E-state index contributed by atoms with van der Waals surface area (Å²) in [6.07, 6.45) is -4.41. The molecule has 0 aliphatic heterocycles. The summed E-state index contributed by atoms with van der Waals surface area (Å²) in [5.74, 6) is -0.535. The molecule has 0 saturated heterocycles. The van der Waals surface area contributed by atoms with Crippen LogP contribution in [0.3, 0.4) is 0 Å². The van der Waals surface area contributed by atoms with E-state index in [1.165, 1.54) is 6.92 Å². The van der Waals surface area contributed by atoms with Gasteiger partial charge in [-0.2, -0.15) is 18.3 Å². The molecule has 2 aromatic rings. The largest absolute Gasteiger partial charge is 0.411 e. The van der Waals surface area contributed by atoms with Crippen molar-refractivity contribution in [1.29, 1.82) is 0 Å². The lowest BCUT2D eigenvalue weighted by atomic mass is 10.1. The molecule has 2 rings (SSSR count). The second-order valence-corrected chi connectivity index (χ2v) is 5.69. The number of aromatic nitrogens is 2. The van der Waals surface area contributed by atoms with Crippen LogP contribution in [-0.2, 0) is 16.1 Å². The van der Waals surface area contributed by atoms with Crippen LogP contribution in [0.1, 0.15) is 12.6 Å². The predicted octanol–water partition coefficient (Wildman–Crippen LogP) is 1.79. The number of hydrogen-bond donors (Lipinski definition) is 1. The first-order valence-electron chi connectivity index (χ1n) is 7.57. The van der Waals surface area contributed by atoms with E-state index in [1.807, 2.05) is 0 Å². The van der Waals surface area contributed by atoms with Gasteiger partial charge in [-0.15, -0.1) is 0 Å². The average Bonchev–Trinajstić information content (AvgIpc) is 2.51. The zero-order valence-electron chi connectivity index (χ0n) is 13.8. The van der Waals surface area contributed by atoms with Crippen LogP contribution in [-0.4, -0.2) is 41.1 Å². The zero-order valence-corrected chi connectivity index (χ0v) is 13.8. The Balaban J connectivity index is 2.00. The first-order chi connectivity index (χ1) is 11.7. The lowest BCUT2D eigenvalue weighted by Gasteiger charge is -2.15. The fourth-order valence-electron chi connectivity index (χ4n) is 2.36. The lowest BCUT2D eigenvalue weighted by molar-refractivity contribution is -0.175. The van der Waals surface area contributed by atoms with Crippen LogP contribution in [0.15, 0.2) is 29.1 Å². The van der Waals surface area contributed by atoms with Gasteiger partial charge in [-0.3, -0.25) is 9.59 Å². The minimum absolute atomic E-state index is 0.287. The number of fused-ring (bicyclic) bond motifs is 1. The number of carbonyl (C=O) groups excluding carboxylic acids is 1. The first-order valence-corrected chi connectivity index (χ1v) is 7.57. The molecule has 1 heterocycles. The molecule has 1 aromatic carbocycles. The van der Waals surface area contributed by atoms with Crippen molar-refractivity contribution in [3.63, 3.8) is 0 Å². The van der Waals surface area contributed by atoms with Crippen LogP contribution in [0, 0.1) is 6.92 Å². The molecule has 0 aliphatic rings. The van der Waals surface area contributed by atoms with E-state index in [0.717, 1.165) is 4.68 Å². The molecule has 0 radical (unpaired) electrons. The van der Waals surface area contributed by atoms with Crippen molar-refractivity contribution in [1.82, 2.24) is 15.1 Å². The maximum atomic E-state index is 12.4. The van der Waals surface area contributed by atoms with Crippen LogP contribution < -0.4 is 10.9 Å². The van der Waals surface area contributed by atoms with E-state index in [9.17, 15) is 22.8 Å². The Labute approximate surface area is 141 Å². The molecule has 1 amide bonds. The quantitative estimate of drug-likeness (QED) is 0.856. The summed E-state index contributed by atoms with van der Waals surface area (Å²) < 4.78 is 41.5. The van der Waals surface area contributed by atoms with Gasteiger partial charge in [0.05, 0.1) is 17.7 Å². The minimum Gasteiger partial charge on any atom is -0.370 e. The molecule has 136 valence electrons. The second-order valence-electron chi connectivity index (χ2n) is 5.69. The van der Waals surface area contributed by atoms with Crippen molar-refractivity contribution in [2.24, 2.45) is 0 Å². The number of nitrogens with one attached hydrogen (secondary N) is 1. The highest BCUT2D eigenvalue weighted by atomic mass is 19.4. The predicted molar refractivity (Wildman–Crippen MR) is 85.2 cm³/mol. The van der Waals surface area contributed by atoms with E-state index < -0.39 is 30.3 Å². The van der Waals surface area contributed by atoms with E-state index in [0.29, 0.717) is 16.5 Å². The van der Waals surface area contributed by atoms with E-state index >= 15 is 0 Å². The van der Waals surface area contributed by atoms with E-state index in [4.69, 9.17) is 0 Å². The van der Waals surface area contributed by atoms with Crippen molar-refractivity contribution in [3.05, 3.63) is 40.3 Å². The molecule has 0 spiro atoms. The van der Waals surface area contributed by atoms with Gasteiger partial charge in [0.25, 0.3) is 5.56 Å². The van der Waals surface area contributed by atoms with Crippen molar-refractivity contribution in [2.75, 3.05) is 13.2 Å². The Kier molecular flexibility index (Phi) is 5.78. The number of rotatable bonds is 6. The third-order valence-electron chi connectivity index (χ3n) is 3.39. The molecular weight excluding hydrogens is 339 g/mol. The van der Waals surface area contributed by atoms with Crippen LogP contribution in [0.25, 0.3) is 10.8 Å². The van der Waals surface area contributed by atoms with Gasteiger partial charge in [0, 0.05) is 11.4 Å². The van der Waals surface area contributed by atoms with Gasteiger partial charge in [0.15, 0.2) is 0 Å². The monoisotopic (exact) mass is 357 g/mol. The molecule has 1 aromatic heterocycles. The summed E-state index contributed by atoms with van der Waals surface area (Å²) >= 11 is 0. The van der Waals surface area contributed by atoms with Gasteiger partial charge in [-0.25, -0.2) is 4.68 Å². The summed E-state index contributed by atoms with van der Waals surface area (Å²) in [5.41, 5.74) is 0.196. The number of carbonyl (C=O) groups is 1. The van der Waals surface area contributed by atoms with Crippen LogP contribution in [0.5, 0.6) is 0 Å². The third kappa shape index (κ3) is 5.28. The van der Waals surface area contributed by atoms with Crippen LogP contribution in [0.2, 0.25) is 0 Å². The maximum Gasteiger partial charge on any atom is 0.411 e.